The molecule has 2 bridgehead atoms. The van der Waals surface area contributed by atoms with E-state index in [0.717, 1.165) is 77.4 Å². The highest BCUT2D eigenvalue weighted by Gasteiger charge is 2.34. The predicted molar refractivity (Wildman–Crippen MR) is 136 cm³/mol. The first kappa shape index (κ1) is 23.3. The summed E-state index contributed by atoms with van der Waals surface area (Å²) < 4.78 is 5.45. The Hall–Kier alpha value is -2.41. The molecule has 4 aliphatic rings. The number of morpholine rings is 1. The molecule has 4 heterocycles. The summed E-state index contributed by atoms with van der Waals surface area (Å²) >= 11 is 0. The zero-order chi connectivity index (χ0) is 23.5. The summed E-state index contributed by atoms with van der Waals surface area (Å²) in [6.07, 6.45) is 2.18. The van der Waals surface area contributed by atoms with Crippen LogP contribution in [0.15, 0.2) is 48.5 Å². The second-order valence-electron chi connectivity index (χ2n) is 10.5. The summed E-state index contributed by atoms with van der Waals surface area (Å²) in [6.45, 7) is 12.9. The maximum atomic E-state index is 13.2. The number of urea groups is 1. The third kappa shape index (κ3) is 5.29. The highest BCUT2D eigenvalue weighted by Crippen LogP contribution is 2.27. The molecular weight excluding hydrogens is 424 g/mol. The number of ether oxygens (including phenoxy) is 1. The summed E-state index contributed by atoms with van der Waals surface area (Å²) in [5, 5.41) is 3.31. The summed E-state index contributed by atoms with van der Waals surface area (Å²) in [5.74, 6) is 0. The quantitative estimate of drug-likeness (QED) is 0.732. The van der Waals surface area contributed by atoms with Crippen LogP contribution in [0.5, 0.6) is 0 Å². The molecule has 0 atom stereocenters. The Bertz CT molecular complexity index is 959. The van der Waals surface area contributed by atoms with Crippen molar-refractivity contribution in [2.75, 3.05) is 52.5 Å². The minimum atomic E-state index is -0.428. The van der Waals surface area contributed by atoms with Crippen molar-refractivity contribution in [2.24, 2.45) is 0 Å². The van der Waals surface area contributed by atoms with Crippen LogP contribution < -0.4 is 5.32 Å². The Kier molecular flexibility index (Phi) is 6.91. The van der Waals surface area contributed by atoms with E-state index in [2.05, 4.69) is 82.4 Å². The molecule has 0 radical (unpaired) electrons. The molecule has 0 unspecified atom stereocenters. The molecule has 6 heteroatoms. The minimum Gasteiger partial charge on any atom is -0.379 e. The van der Waals surface area contributed by atoms with E-state index < -0.39 is 5.54 Å². The lowest BCUT2D eigenvalue weighted by atomic mass is 9.92. The van der Waals surface area contributed by atoms with Crippen molar-refractivity contribution in [1.82, 2.24) is 20.0 Å². The molecule has 1 N–H and O–H groups in total. The number of carbonyl (C=O) groups is 1. The zero-order valence-corrected chi connectivity index (χ0v) is 20.6. The largest absolute Gasteiger partial charge is 0.379 e. The lowest BCUT2D eigenvalue weighted by molar-refractivity contribution is 0.0342. The van der Waals surface area contributed by atoms with Gasteiger partial charge in [0.25, 0.3) is 0 Å². The first-order valence-electron chi connectivity index (χ1n) is 12.8. The number of nitrogens with one attached hydrogen (secondary N) is 1. The van der Waals surface area contributed by atoms with Gasteiger partial charge in [-0.1, -0.05) is 48.5 Å². The first-order chi connectivity index (χ1) is 16.5. The highest BCUT2D eigenvalue weighted by molar-refractivity contribution is 5.76. The summed E-state index contributed by atoms with van der Waals surface area (Å²) in [4.78, 5) is 20.2. The third-order valence-corrected chi connectivity index (χ3v) is 7.74. The van der Waals surface area contributed by atoms with Crippen LogP contribution in [0.1, 0.15) is 37.8 Å². The molecule has 182 valence electrons. The summed E-state index contributed by atoms with van der Waals surface area (Å²) in [6, 6.07) is 18.0. The van der Waals surface area contributed by atoms with Gasteiger partial charge in [0.2, 0.25) is 0 Å². The number of nitrogens with zero attached hydrogens (tertiary/aromatic N) is 3. The van der Waals surface area contributed by atoms with Gasteiger partial charge in [-0.05, 0) is 48.9 Å². The van der Waals surface area contributed by atoms with Gasteiger partial charge in [-0.25, -0.2) is 4.79 Å². The van der Waals surface area contributed by atoms with Gasteiger partial charge in [-0.2, -0.15) is 0 Å². The number of amides is 2. The van der Waals surface area contributed by atoms with Gasteiger partial charge in [-0.3, -0.25) is 4.90 Å². The van der Waals surface area contributed by atoms with Crippen LogP contribution in [0.3, 0.4) is 0 Å². The van der Waals surface area contributed by atoms with E-state index in [-0.39, 0.29) is 6.03 Å². The van der Waals surface area contributed by atoms with Crippen LogP contribution in [0.2, 0.25) is 0 Å². The number of carbonyl (C=O) groups excluding carboxylic acids is 1. The third-order valence-electron chi connectivity index (χ3n) is 7.74. The molecule has 4 fully saturated rings. The Morgan fingerprint density at radius 1 is 0.882 bits per heavy atom. The number of hydrogen-bond donors (Lipinski definition) is 1. The van der Waals surface area contributed by atoms with E-state index >= 15 is 0 Å². The van der Waals surface area contributed by atoms with Gasteiger partial charge in [0.15, 0.2) is 0 Å². The molecule has 2 aromatic rings. The number of benzene rings is 2. The summed E-state index contributed by atoms with van der Waals surface area (Å²) in [5.41, 5.74) is 4.45. The number of rotatable bonds is 5. The Labute approximate surface area is 203 Å². The fraction of sp³-hybridized carbons (Fsp3) is 0.536. The molecular formula is C28H38N4O2. The van der Waals surface area contributed by atoms with Gasteiger partial charge < -0.3 is 19.9 Å². The van der Waals surface area contributed by atoms with Crippen molar-refractivity contribution in [3.8, 4) is 11.1 Å². The van der Waals surface area contributed by atoms with Crippen molar-refractivity contribution in [3.05, 3.63) is 59.7 Å². The Morgan fingerprint density at radius 3 is 2.15 bits per heavy atom. The smallest absolute Gasteiger partial charge is 0.318 e. The Morgan fingerprint density at radius 2 is 1.50 bits per heavy atom. The van der Waals surface area contributed by atoms with E-state index in [1.165, 1.54) is 16.7 Å². The second-order valence-corrected chi connectivity index (χ2v) is 10.5. The standard InChI is InChI=1S/C28H38N4O2/c1-28(2,29-27(33)32-16-15-30-13-11-26(32)12-14-30)25-9-7-24(8-10-25)23-5-3-22(4-6-23)21-31-17-19-34-20-18-31/h3-10,26H,11-21H2,1-2H3,(H,29,33). The minimum absolute atomic E-state index is 0.0682. The summed E-state index contributed by atoms with van der Waals surface area (Å²) in [7, 11) is 0. The number of hydrogen-bond acceptors (Lipinski definition) is 4. The van der Waals surface area contributed by atoms with Gasteiger partial charge in [-0.15, -0.1) is 0 Å². The SMILES string of the molecule is CC(C)(NC(=O)N1CCN2CCC1CC2)c1ccc(-c2ccc(CN3CCOCC3)cc2)cc1. The number of fused-ring (bicyclic) bond motifs is 4. The van der Waals surface area contributed by atoms with Crippen molar-refractivity contribution < 1.29 is 9.53 Å². The molecule has 0 aliphatic carbocycles. The molecule has 2 aromatic carbocycles. The second kappa shape index (κ2) is 10.1. The van der Waals surface area contributed by atoms with E-state index in [9.17, 15) is 4.79 Å². The van der Waals surface area contributed by atoms with Crippen LogP contribution in [0.4, 0.5) is 4.79 Å². The molecule has 2 amide bonds. The van der Waals surface area contributed by atoms with E-state index in [1.54, 1.807) is 0 Å². The lowest BCUT2D eigenvalue weighted by Crippen LogP contribution is -2.52. The average molecular weight is 463 g/mol. The maximum Gasteiger partial charge on any atom is 0.318 e. The van der Waals surface area contributed by atoms with Crippen molar-refractivity contribution in [3.63, 3.8) is 0 Å². The first-order valence-corrected chi connectivity index (χ1v) is 12.8. The van der Waals surface area contributed by atoms with Crippen LogP contribution in [0.25, 0.3) is 11.1 Å². The van der Waals surface area contributed by atoms with Crippen LogP contribution >= 0.6 is 0 Å². The molecule has 6 rings (SSSR count). The molecule has 34 heavy (non-hydrogen) atoms. The number of piperidine rings is 1. The van der Waals surface area contributed by atoms with E-state index in [4.69, 9.17) is 4.74 Å². The van der Waals surface area contributed by atoms with Gasteiger partial charge in [0.05, 0.1) is 18.8 Å². The molecule has 4 aliphatic heterocycles. The fourth-order valence-electron chi connectivity index (χ4n) is 5.46. The lowest BCUT2D eigenvalue weighted by Gasteiger charge is -2.35. The molecule has 0 aromatic heterocycles. The maximum absolute atomic E-state index is 13.2. The monoisotopic (exact) mass is 462 g/mol. The van der Waals surface area contributed by atoms with E-state index in [1.807, 2.05) is 0 Å². The normalized spacial score (nSPS) is 23.5. The topological polar surface area (TPSA) is 48.1 Å². The van der Waals surface area contributed by atoms with Crippen LogP contribution in [0, 0.1) is 0 Å². The fourth-order valence-corrected chi connectivity index (χ4v) is 5.46. The highest BCUT2D eigenvalue weighted by atomic mass is 16.5. The zero-order valence-electron chi connectivity index (χ0n) is 20.6. The van der Waals surface area contributed by atoms with Crippen molar-refractivity contribution >= 4 is 6.03 Å². The molecule has 4 saturated heterocycles. The van der Waals surface area contributed by atoms with Gasteiger partial charge in [0, 0.05) is 51.9 Å². The molecule has 0 spiro atoms. The average Bonchev–Trinajstić information content (AvgIpc) is 3.19. The van der Waals surface area contributed by atoms with Crippen LogP contribution in [-0.2, 0) is 16.8 Å². The van der Waals surface area contributed by atoms with Gasteiger partial charge >= 0.3 is 6.03 Å². The molecule has 0 saturated carbocycles. The van der Waals surface area contributed by atoms with Crippen LogP contribution in [-0.4, -0.2) is 79.3 Å². The Balaban J connectivity index is 1.21. The molecule has 6 nitrogen and oxygen atoms in total. The van der Waals surface area contributed by atoms with Crippen molar-refractivity contribution in [2.45, 2.75) is 44.8 Å². The van der Waals surface area contributed by atoms with Crippen molar-refractivity contribution in [1.29, 1.82) is 0 Å². The predicted octanol–water partition coefficient (Wildman–Crippen LogP) is 3.91. The van der Waals surface area contributed by atoms with Gasteiger partial charge in [0.1, 0.15) is 0 Å². The van der Waals surface area contributed by atoms with E-state index in [0.29, 0.717) is 6.04 Å².